The van der Waals surface area contributed by atoms with Gasteiger partial charge in [-0.2, -0.15) is 0 Å². The first-order valence-electron chi connectivity index (χ1n) is 5.98. The van der Waals surface area contributed by atoms with Gasteiger partial charge in [0.15, 0.2) is 0 Å². The van der Waals surface area contributed by atoms with Crippen molar-refractivity contribution in [3.05, 3.63) is 47.5 Å². The Morgan fingerprint density at radius 2 is 1.76 bits per heavy atom. The topological polar surface area (TPSA) is 89.3 Å². The second-order valence-electron chi connectivity index (χ2n) is 4.40. The van der Waals surface area contributed by atoms with Crippen molar-refractivity contribution < 1.29 is 13.2 Å². The molecule has 0 bridgehead atoms. The Labute approximate surface area is 127 Å². The molecule has 0 saturated carbocycles. The minimum absolute atomic E-state index is 0.00866. The first-order valence-corrected chi connectivity index (χ1v) is 7.84. The van der Waals surface area contributed by atoms with Crippen LogP contribution < -0.4 is 11.1 Å². The summed E-state index contributed by atoms with van der Waals surface area (Å²) in [5, 5.41) is 2.64. The number of hydrogen-bond acceptors (Lipinski definition) is 4. The molecule has 0 spiro atoms. The van der Waals surface area contributed by atoms with Crippen LogP contribution in [0, 0.1) is 0 Å². The molecule has 0 saturated heterocycles. The van der Waals surface area contributed by atoms with Crippen LogP contribution in [0.4, 0.5) is 11.4 Å². The number of nitrogens with two attached hydrogens (primary N) is 1. The summed E-state index contributed by atoms with van der Waals surface area (Å²) in [7, 11) is -3.73. The van der Waals surface area contributed by atoms with Crippen LogP contribution in [0.5, 0.6) is 0 Å². The zero-order valence-electron chi connectivity index (χ0n) is 11.1. The zero-order valence-corrected chi connectivity index (χ0v) is 12.7. The molecule has 0 radical (unpaired) electrons. The summed E-state index contributed by atoms with van der Waals surface area (Å²) in [4.78, 5) is 11.0. The van der Waals surface area contributed by atoms with E-state index in [1.807, 2.05) is 0 Å². The van der Waals surface area contributed by atoms with E-state index in [1.54, 1.807) is 0 Å². The fraction of sp³-hybridized carbons (Fsp3) is 0.0714. The Morgan fingerprint density at radius 1 is 1.14 bits per heavy atom. The third kappa shape index (κ3) is 3.34. The molecule has 2 rings (SSSR count). The summed E-state index contributed by atoms with van der Waals surface area (Å²) >= 11 is 5.95. The van der Waals surface area contributed by atoms with Gasteiger partial charge in [-0.15, -0.1) is 0 Å². The highest BCUT2D eigenvalue weighted by atomic mass is 35.5. The number of amides is 1. The third-order valence-corrected chi connectivity index (χ3v) is 4.98. The lowest BCUT2D eigenvalue weighted by molar-refractivity contribution is -0.114. The van der Waals surface area contributed by atoms with Crippen LogP contribution in [0.25, 0.3) is 0 Å². The lowest BCUT2D eigenvalue weighted by Crippen LogP contribution is -2.07. The molecule has 0 unspecified atom stereocenters. The van der Waals surface area contributed by atoms with Crippen molar-refractivity contribution in [2.75, 3.05) is 11.1 Å². The molecule has 7 heteroatoms. The van der Waals surface area contributed by atoms with Gasteiger partial charge in [0, 0.05) is 18.3 Å². The maximum absolute atomic E-state index is 12.5. The molecule has 0 fully saturated rings. The van der Waals surface area contributed by atoms with Crippen LogP contribution in [-0.4, -0.2) is 14.3 Å². The van der Waals surface area contributed by atoms with Gasteiger partial charge >= 0.3 is 0 Å². The monoisotopic (exact) mass is 324 g/mol. The van der Waals surface area contributed by atoms with E-state index in [0.717, 1.165) is 0 Å². The maximum Gasteiger partial charge on any atom is 0.221 e. The first-order chi connectivity index (χ1) is 9.80. The fourth-order valence-corrected chi connectivity index (χ4v) is 3.59. The molecule has 0 heterocycles. The van der Waals surface area contributed by atoms with Crippen LogP contribution in [0.15, 0.2) is 52.3 Å². The molecule has 0 aliphatic rings. The number of halogens is 1. The highest BCUT2D eigenvalue weighted by Crippen LogP contribution is 2.29. The van der Waals surface area contributed by atoms with E-state index in [2.05, 4.69) is 5.32 Å². The smallest absolute Gasteiger partial charge is 0.221 e. The Hall–Kier alpha value is -2.05. The van der Waals surface area contributed by atoms with Crippen LogP contribution in [0.3, 0.4) is 0 Å². The molecule has 2 aromatic rings. The first kappa shape index (κ1) is 15.3. The highest BCUT2D eigenvalue weighted by Gasteiger charge is 2.20. The van der Waals surface area contributed by atoms with Crippen molar-refractivity contribution in [2.45, 2.75) is 16.7 Å². The molecular weight excluding hydrogens is 312 g/mol. The average Bonchev–Trinajstić information content (AvgIpc) is 2.38. The molecular formula is C14H13ClN2O3S. The van der Waals surface area contributed by atoms with E-state index in [4.69, 9.17) is 17.3 Å². The summed E-state index contributed by atoms with van der Waals surface area (Å²) in [6.45, 7) is 1.37. The normalized spacial score (nSPS) is 11.1. The van der Waals surface area contributed by atoms with Crippen molar-refractivity contribution in [3.63, 3.8) is 0 Å². The van der Waals surface area contributed by atoms with Crippen molar-refractivity contribution in [2.24, 2.45) is 0 Å². The summed E-state index contributed by atoms with van der Waals surface area (Å²) < 4.78 is 25.0. The molecule has 0 aromatic heterocycles. The molecule has 0 aliphatic carbocycles. The average molecular weight is 325 g/mol. The minimum Gasteiger partial charge on any atom is -0.399 e. The summed E-state index contributed by atoms with van der Waals surface area (Å²) in [6.07, 6.45) is 0. The molecule has 0 aliphatic heterocycles. The molecule has 1 amide bonds. The van der Waals surface area contributed by atoms with Gasteiger partial charge in [-0.3, -0.25) is 4.79 Å². The second kappa shape index (κ2) is 5.75. The predicted octanol–water partition coefficient (Wildman–Crippen LogP) is 2.71. The number of benzene rings is 2. The second-order valence-corrected chi connectivity index (χ2v) is 6.72. The Kier molecular flexibility index (Phi) is 4.20. The van der Waals surface area contributed by atoms with E-state index in [0.29, 0.717) is 11.4 Å². The van der Waals surface area contributed by atoms with Gasteiger partial charge < -0.3 is 11.1 Å². The zero-order chi connectivity index (χ0) is 15.6. The number of nitrogens with one attached hydrogen (secondary N) is 1. The molecule has 21 heavy (non-hydrogen) atoms. The Morgan fingerprint density at radius 3 is 2.29 bits per heavy atom. The number of anilines is 2. The van der Waals surface area contributed by atoms with E-state index in [-0.39, 0.29) is 20.7 Å². The van der Waals surface area contributed by atoms with Gasteiger partial charge in [-0.25, -0.2) is 8.42 Å². The Bertz CT molecular complexity index is 786. The van der Waals surface area contributed by atoms with Crippen LogP contribution >= 0.6 is 11.6 Å². The highest BCUT2D eigenvalue weighted by molar-refractivity contribution is 7.91. The van der Waals surface area contributed by atoms with Gasteiger partial charge in [0.2, 0.25) is 15.7 Å². The molecule has 0 atom stereocenters. The van der Waals surface area contributed by atoms with Crippen LogP contribution in [-0.2, 0) is 14.6 Å². The number of hydrogen-bond donors (Lipinski definition) is 2. The lowest BCUT2D eigenvalue weighted by atomic mass is 10.3. The fourth-order valence-electron chi connectivity index (χ4n) is 1.78. The van der Waals surface area contributed by atoms with E-state index in [1.165, 1.54) is 49.4 Å². The van der Waals surface area contributed by atoms with E-state index >= 15 is 0 Å². The van der Waals surface area contributed by atoms with Crippen molar-refractivity contribution >= 4 is 38.7 Å². The SMILES string of the molecule is CC(=O)Nc1ccc(S(=O)(=O)c2ccc(N)cc2Cl)cc1. The van der Waals surface area contributed by atoms with Crippen molar-refractivity contribution in [1.82, 2.24) is 0 Å². The largest absolute Gasteiger partial charge is 0.399 e. The number of carbonyl (C=O) groups is 1. The van der Waals surface area contributed by atoms with E-state index in [9.17, 15) is 13.2 Å². The van der Waals surface area contributed by atoms with Crippen molar-refractivity contribution in [1.29, 1.82) is 0 Å². The van der Waals surface area contributed by atoms with Gasteiger partial charge in [0.25, 0.3) is 0 Å². The summed E-state index contributed by atoms with van der Waals surface area (Å²) in [5.41, 5.74) is 6.46. The summed E-state index contributed by atoms with van der Waals surface area (Å²) in [5.74, 6) is -0.229. The number of carbonyl (C=O) groups excluding carboxylic acids is 1. The van der Waals surface area contributed by atoms with Gasteiger partial charge in [-0.05, 0) is 42.5 Å². The van der Waals surface area contributed by atoms with Gasteiger partial charge in [0.05, 0.1) is 14.8 Å². The molecule has 110 valence electrons. The maximum atomic E-state index is 12.5. The van der Waals surface area contributed by atoms with Crippen molar-refractivity contribution in [3.8, 4) is 0 Å². The number of rotatable bonds is 3. The van der Waals surface area contributed by atoms with Gasteiger partial charge in [-0.1, -0.05) is 11.6 Å². The quantitative estimate of drug-likeness (QED) is 0.849. The third-order valence-electron chi connectivity index (χ3n) is 2.73. The van der Waals surface area contributed by atoms with Crippen LogP contribution in [0.1, 0.15) is 6.92 Å². The lowest BCUT2D eigenvalue weighted by Gasteiger charge is -2.08. The molecule has 5 nitrogen and oxygen atoms in total. The van der Waals surface area contributed by atoms with E-state index < -0.39 is 9.84 Å². The standard InChI is InChI=1S/C14H13ClN2O3S/c1-9(18)17-11-3-5-12(6-4-11)21(19,20)14-7-2-10(16)8-13(14)15/h2-8H,16H2,1H3,(H,17,18). The van der Waals surface area contributed by atoms with Crippen LogP contribution in [0.2, 0.25) is 5.02 Å². The molecule has 3 N–H and O–H groups in total. The van der Waals surface area contributed by atoms with Gasteiger partial charge in [0.1, 0.15) is 0 Å². The summed E-state index contributed by atoms with van der Waals surface area (Å²) in [6, 6.07) is 10.1. The minimum atomic E-state index is -3.73. The number of nitrogen functional groups attached to an aromatic ring is 1. The number of sulfone groups is 1. The predicted molar refractivity (Wildman–Crippen MR) is 82.1 cm³/mol. The molecule has 2 aromatic carbocycles. The Balaban J connectivity index is 2.42.